The Kier molecular flexibility index (Phi) is 5.00. The van der Waals surface area contributed by atoms with Crippen LogP contribution in [0.3, 0.4) is 0 Å². The predicted molar refractivity (Wildman–Crippen MR) is 94.8 cm³/mol. The van der Waals surface area contributed by atoms with Gasteiger partial charge in [0.15, 0.2) is 10.7 Å². The van der Waals surface area contributed by atoms with Crippen LogP contribution in [0.15, 0.2) is 65.1 Å². The number of hydrogen-bond donors (Lipinski definition) is 1. The number of hydrazone groups is 1. The van der Waals surface area contributed by atoms with E-state index in [1.54, 1.807) is 5.38 Å². The number of nitriles is 1. The molecule has 0 fully saturated rings. The SMILES string of the molecule is N#CC(=NNc1ccccc1C(F)(F)F)c1nc(-c2ccccc2)cs1. The fourth-order valence-electron chi connectivity index (χ4n) is 2.19. The maximum atomic E-state index is 13.0. The highest BCUT2D eigenvalue weighted by molar-refractivity contribution is 7.12. The van der Waals surface area contributed by atoms with Crippen molar-refractivity contribution in [1.29, 1.82) is 5.26 Å². The Morgan fingerprint density at radius 1 is 1.08 bits per heavy atom. The normalized spacial score (nSPS) is 11.8. The molecule has 26 heavy (non-hydrogen) atoms. The number of rotatable bonds is 4. The molecule has 0 aliphatic rings. The van der Waals surface area contributed by atoms with Crippen molar-refractivity contribution in [2.24, 2.45) is 5.10 Å². The lowest BCUT2D eigenvalue weighted by Gasteiger charge is -2.11. The lowest BCUT2D eigenvalue weighted by atomic mass is 10.2. The molecule has 0 saturated carbocycles. The van der Waals surface area contributed by atoms with Gasteiger partial charge in [0.05, 0.1) is 16.9 Å². The third kappa shape index (κ3) is 3.90. The van der Waals surface area contributed by atoms with Crippen LogP contribution in [0.4, 0.5) is 18.9 Å². The van der Waals surface area contributed by atoms with E-state index in [2.05, 4.69) is 15.5 Å². The van der Waals surface area contributed by atoms with Gasteiger partial charge in [0.25, 0.3) is 0 Å². The van der Waals surface area contributed by atoms with Crippen LogP contribution in [-0.4, -0.2) is 10.7 Å². The van der Waals surface area contributed by atoms with Gasteiger partial charge in [-0.1, -0.05) is 42.5 Å². The van der Waals surface area contributed by atoms with Crippen LogP contribution in [0.2, 0.25) is 0 Å². The topological polar surface area (TPSA) is 61.1 Å². The number of nitrogens with zero attached hydrogens (tertiary/aromatic N) is 3. The molecule has 0 aliphatic heterocycles. The van der Waals surface area contributed by atoms with Crippen LogP contribution in [0.1, 0.15) is 10.6 Å². The second-order valence-electron chi connectivity index (χ2n) is 5.13. The summed E-state index contributed by atoms with van der Waals surface area (Å²) >= 11 is 1.20. The molecule has 130 valence electrons. The van der Waals surface area contributed by atoms with Crippen molar-refractivity contribution in [2.45, 2.75) is 6.18 Å². The standard InChI is InChI=1S/C18H11F3N4S/c19-18(20,21)13-8-4-5-9-14(13)24-25-15(10-22)17-23-16(11-26-17)12-6-2-1-3-7-12/h1-9,11,24H. The zero-order valence-electron chi connectivity index (χ0n) is 13.2. The van der Waals surface area contributed by atoms with Crippen molar-refractivity contribution in [3.63, 3.8) is 0 Å². The zero-order valence-corrected chi connectivity index (χ0v) is 14.0. The van der Waals surface area contributed by atoms with Gasteiger partial charge >= 0.3 is 6.18 Å². The summed E-state index contributed by atoms with van der Waals surface area (Å²) in [6, 6.07) is 16.2. The first kappa shape index (κ1) is 17.6. The largest absolute Gasteiger partial charge is 0.418 e. The first-order valence-electron chi connectivity index (χ1n) is 7.40. The van der Waals surface area contributed by atoms with E-state index in [0.717, 1.165) is 11.6 Å². The summed E-state index contributed by atoms with van der Waals surface area (Å²) in [6.45, 7) is 0. The summed E-state index contributed by atoms with van der Waals surface area (Å²) in [5, 5.41) is 15.2. The molecule has 3 aromatic rings. The van der Waals surface area contributed by atoms with Crippen molar-refractivity contribution in [2.75, 3.05) is 5.43 Å². The second kappa shape index (κ2) is 7.37. The molecule has 2 aromatic carbocycles. The molecular formula is C18H11F3N4S. The Morgan fingerprint density at radius 2 is 1.77 bits per heavy atom. The Morgan fingerprint density at radius 3 is 2.46 bits per heavy atom. The van der Waals surface area contributed by atoms with Crippen molar-refractivity contribution in [3.05, 3.63) is 70.5 Å². The van der Waals surface area contributed by atoms with Gasteiger partial charge in [-0.2, -0.15) is 23.5 Å². The maximum absolute atomic E-state index is 13.0. The summed E-state index contributed by atoms with van der Waals surface area (Å²) in [7, 11) is 0. The molecule has 1 N–H and O–H groups in total. The number of anilines is 1. The molecule has 0 saturated heterocycles. The lowest BCUT2D eigenvalue weighted by Crippen LogP contribution is -2.09. The zero-order chi connectivity index (χ0) is 18.6. The van der Waals surface area contributed by atoms with E-state index in [4.69, 9.17) is 0 Å². The van der Waals surface area contributed by atoms with Crippen LogP contribution < -0.4 is 5.43 Å². The molecule has 0 amide bonds. The summed E-state index contributed by atoms with van der Waals surface area (Å²) in [4.78, 5) is 4.34. The fraction of sp³-hybridized carbons (Fsp3) is 0.0556. The molecule has 1 aromatic heterocycles. The molecule has 8 heteroatoms. The van der Waals surface area contributed by atoms with Gasteiger partial charge in [0.2, 0.25) is 0 Å². The maximum Gasteiger partial charge on any atom is 0.418 e. The summed E-state index contributed by atoms with van der Waals surface area (Å²) < 4.78 is 39.0. The highest BCUT2D eigenvalue weighted by atomic mass is 32.1. The summed E-state index contributed by atoms with van der Waals surface area (Å²) in [6.07, 6.45) is -4.52. The van der Waals surface area contributed by atoms with Crippen LogP contribution >= 0.6 is 11.3 Å². The van der Waals surface area contributed by atoms with Gasteiger partial charge in [0.1, 0.15) is 6.07 Å². The minimum Gasteiger partial charge on any atom is -0.277 e. The highest BCUT2D eigenvalue weighted by Crippen LogP contribution is 2.34. The Labute approximate surface area is 151 Å². The van der Waals surface area contributed by atoms with E-state index in [1.165, 1.54) is 29.5 Å². The average Bonchev–Trinajstić information content (AvgIpc) is 3.12. The van der Waals surface area contributed by atoms with Crippen LogP contribution in [0, 0.1) is 11.3 Å². The molecular weight excluding hydrogens is 361 g/mol. The third-order valence-corrected chi connectivity index (χ3v) is 4.25. The molecule has 0 bridgehead atoms. The lowest BCUT2D eigenvalue weighted by molar-refractivity contribution is -0.136. The van der Waals surface area contributed by atoms with Crippen LogP contribution in [0.5, 0.6) is 0 Å². The van der Waals surface area contributed by atoms with Crippen molar-refractivity contribution >= 4 is 22.7 Å². The number of hydrogen-bond acceptors (Lipinski definition) is 5. The van der Waals surface area contributed by atoms with Crippen LogP contribution in [-0.2, 0) is 6.18 Å². The first-order chi connectivity index (χ1) is 12.5. The van der Waals surface area contributed by atoms with Crippen LogP contribution in [0.25, 0.3) is 11.3 Å². The van der Waals surface area contributed by atoms with Crippen molar-refractivity contribution in [1.82, 2.24) is 4.98 Å². The minimum atomic E-state index is -4.52. The van der Waals surface area contributed by atoms with E-state index in [-0.39, 0.29) is 11.4 Å². The summed E-state index contributed by atoms with van der Waals surface area (Å²) in [5.41, 5.74) is 2.70. The fourth-order valence-corrected chi connectivity index (χ4v) is 2.95. The van der Waals surface area contributed by atoms with Gasteiger partial charge in [-0.3, -0.25) is 5.43 Å². The van der Waals surface area contributed by atoms with Gasteiger partial charge in [-0.05, 0) is 12.1 Å². The molecule has 0 spiro atoms. The number of alkyl halides is 3. The predicted octanol–water partition coefficient (Wildman–Crippen LogP) is 5.17. The minimum absolute atomic E-state index is 0.0887. The monoisotopic (exact) mass is 372 g/mol. The average molecular weight is 372 g/mol. The molecule has 0 unspecified atom stereocenters. The number of halogens is 3. The Bertz CT molecular complexity index is 972. The second-order valence-corrected chi connectivity index (χ2v) is 5.99. The molecule has 0 radical (unpaired) electrons. The third-order valence-electron chi connectivity index (χ3n) is 3.40. The number of thiazole rings is 1. The first-order valence-corrected chi connectivity index (χ1v) is 8.28. The summed E-state index contributed by atoms with van der Waals surface area (Å²) in [5.74, 6) is 0. The number of aromatic nitrogens is 1. The molecule has 4 nitrogen and oxygen atoms in total. The molecule has 3 rings (SSSR count). The van der Waals surface area contributed by atoms with E-state index >= 15 is 0 Å². The molecule has 0 aliphatic carbocycles. The number of benzene rings is 2. The van der Waals surface area contributed by atoms with E-state index in [0.29, 0.717) is 10.7 Å². The molecule has 1 heterocycles. The van der Waals surface area contributed by atoms with Gasteiger partial charge in [0, 0.05) is 10.9 Å². The van der Waals surface area contributed by atoms with E-state index < -0.39 is 11.7 Å². The van der Waals surface area contributed by atoms with Gasteiger partial charge < -0.3 is 0 Å². The highest BCUT2D eigenvalue weighted by Gasteiger charge is 2.33. The van der Waals surface area contributed by atoms with Crippen molar-refractivity contribution in [3.8, 4) is 17.3 Å². The van der Waals surface area contributed by atoms with Gasteiger partial charge in [-0.15, -0.1) is 11.3 Å². The van der Waals surface area contributed by atoms with E-state index in [9.17, 15) is 18.4 Å². The van der Waals surface area contributed by atoms with Crippen molar-refractivity contribution < 1.29 is 13.2 Å². The number of nitrogens with one attached hydrogen (secondary N) is 1. The van der Waals surface area contributed by atoms with E-state index in [1.807, 2.05) is 36.4 Å². The molecule has 0 atom stereocenters. The Hall–Kier alpha value is -3.18. The smallest absolute Gasteiger partial charge is 0.277 e. The number of para-hydroxylation sites is 1. The Balaban J connectivity index is 1.87. The van der Waals surface area contributed by atoms with Gasteiger partial charge in [-0.25, -0.2) is 4.98 Å². The quantitative estimate of drug-likeness (QED) is 0.508.